The Morgan fingerprint density at radius 3 is 2.52 bits per heavy atom. The minimum absolute atomic E-state index is 0.00371. The van der Waals surface area contributed by atoms with Crippen molar-refractivity contribution in [2.45, 2.75) is 26.1 Å². The number of methoxy groups -OCH3 is 1. The molecule has 1 atom stereocenters. The molecule has 3 aromatic rings. The molecule has 2 aromatic heterocycles. The summed E-state index contributed by atoms with van der Waals surface area (Å²) in [5, 5.41) is 8.62. The number of aryl methyl sites for hydroxylation is 1. The summed E-state index contributed by atoms with van der Waals surface area (Å²) in [6.45, 7) is 2.29. The van der Waals surface area contributed by atoms with E-state index < -0.39 is 35.3 Å². The maximum Gasteiger partial charge on any atom is 0.425 e. The zero-order chi connectivity index (χ0) is 24.5. The molecule has 0 unspecified atom stereocenters. The third-order valence-corrected chi connectivity index (χ3v) is 4.88. The van der Waals surface area contributed by atoms with Crippen molar-refractivity contribution in [3.63, 3.8) is 0 Å². The summed E-state index contributed by atoms with van der Waals surface area (Å²) < 4.78 is 64.4. The lowest BCUT2D eigenvalue weighted by molar-refractivity contribution is -0.189. The predicted molar refractivity (Wildman–Crippen MR) is 113 cm³/mol. The smallest absolute Gasteiger partial charge is 0.425 e. The highest BCUT2D eigenvalue weighted by atomic mass is 35.5. The Kier molecular flexibility index (Phi) is 6.68. The fourth-order valence-electron chi connectivity index (χ4n) is 2.80. The Balaban J connectivity index is 2.09. The van der Waals surface area contributed by atoms with Gasteiger partial charge < -0.3 is 20.5 Å². The van der Waals surface area contributed by atoms with E-state index in [9.17, 15) is 22.4 Å². The van der Waals surface area contributed by atoms with E-state index in [4.69, 9.17) is 26.8 Å². The average Bonchev–Trinajstić information content (AvgIpc) is 3.05. The van der Waals surface area contributed by atoms with Gasteiger partial charge in [0.15, 0.2) is 17.7 Å². The maximum atomic E-state index is 15.0. The Hall–Kier alpha value is -3.54. The fourth-order valence-corrected chi connectivity index (χ4v) is 3.02. The van der Waals surface area contributed by atoms with E-state index in [1.54, 1.807) is 0 Å². The summed E-state index contributed by atoms with van der Waals surface area (Å²) in [4.78, 5) is 16.8. The van der Waals surface area contributed by atoms with Crippen LogP contribution >= 0.6 is 11.6 Å². The van der Waals surface area contributed by atoms with Crippen LogP contribution in [0.2, 0.25) is 5.15 Å². The number of hydrogen-bond acceptors (Lipinski definition) is 6. The minimum atomic E-state index is -4.74. The molecule has 0 aliphatic carbocycles. The molecule has 0 saturated heterocycles. The quantitative estimate of drug-likeness (QED) is 0.432. The number of pyridine rings is 1. The highest BCUT2D eigenvalue weighted by Gasteiger charge is 2.39. The second kappa shape index (κ2) is 9.14. The number of anilines is 2. The number of halogens is 5. The molecule has 0 radical (unpaired) electrons. The van der Waals surface area contributed by atoms with Crippen LogP contribution in [0.15, 0.2) is 24.3 Å². The lowest BCUT2D eigenvalue weighted by Crippen LogP contribution is -2.32. The highest BCUT2D eigenvalue weighted by Crippen LogP contribution is 2.35. The van der Waals surface area contributed by atoms with E-state index in [2.05, 4.69) is 20.5 Å². The average molecular weight is 488 g/mol. The molecule has 0 fully saturated rings. The standard InChI is InChI=1S/C20H18ClF4N5O3/c1-8-16(17(21)30-29-8)28-19(31)11-6-12(22)10(7-15(11)33-9(2)20(23,24)25)13-4-5-14(32-3)18(26)27-13/h4-7,9H,1-3H3,(H2,26,27)(H,28,31)(H,29,30)/t9-/m0/s1. The first-order valence-electron chi connectivity index (χ1n) is 9.32. The summed E-state index contributed by atoms with van der Waals surface area (Å²) >= 11 is 5.92. The van der Waals surface area contributed by atoms with Gasteiger partial charge in [-0.1, -0.05) is 11.6 Å². The normalized spacial score (nSPS) is 12.4. The van der Waals surface area contributed by atoms with Crippen LogP contribution in [0.5, 0.6) is 11.5 Å². The third-order valence-electron chi connectivity index (χ3n) is 4.60. The minimum Gasteiger partial charge on any atom is -0.493 e. The summed E-state index contributed by atoms with van der Waals surface area (Å²) in [7, 11) is 1.36. The van der Waals surface area contributed by atoms with Gasteiger partial charge in [-0.2, -0.15) is 18.3 Å². The van der Waals surface area contributed by atoms with Crippen LogP contribution in [0.1, 0.15) is 23.0 Å². The van der Waals surface area contributed by atoms with Crippen molar-refractivity contribution < 1.29 is 31.8 Å². The predicted octanol–water partition coefficient (Wildman–Crippen LogP) is 4.75. The summed E-state index contributed by atoms with van der Waals surface area (Å²) in [6.07, 6.45) is -7.04. The molecule has 1 aromatic carbocycles. The molecule has 0 bridgehead atoms. The number of rotatable bonds is 6. The number of nitrogens with two attached hydrogens (primary N) is 1. The summed E-state index contributed by atoms with van der Waals surface area (Å²) in [6, 6.07) is 4.47. The zero-order valence-electron chi connectivity index (χ0n) is 17.5. The highest BCUT2D eigenvalue weighted by molar-refractivity contribution is 6.33. The van der Waals surface area contributed by atoms with E-state index in [1.165, 1.54) is 26.2 Å². The van der Waals surface area contributed by atoms with E-state index in [0.717, 1.165) is 19.1 Å². The maximum absolute atomic E-state index is 15.0. The SMILES string of the molecule is COc1ccc(-c2cc(O[C@@H](C)C(F)(F)F)c(C(=O)Nc3c(C)n[nH]c3Cl)cc2F)nc1N. The van der Waals surface area contributed by atoms with Crippen LogP contribution in [0.3, 0.4) is 0 Å². The molecular weight excluding hydrogens is 470 g/mol. The molecule has 2 heterocycles. The molecule has 0 saturated carbocycles. The Labute approximate surface area is 190 Å². The van der Waals surface area contributed by atoms with Crippen molar-refractivity contribution in [1.29, 1.82) is 0 Å². The number of ether oxygens (including phenoxy) is 2. The van der Waals surface area contributed by atoms with Crippen molar-refractivity contribution in [2.24, 2.45) is 0 Å². The Bertz CT molecular complexity index is 1180. The summed E-state index contributed by atoms with van der Waals surface area (Å²) in [5.74, 6) is -2.27. The number of nitrogens with one attached hydrogen (secondary N) is 2. The van der Waals surface area contributed by atoms with Crippen molar-refractivity contribution >= 4 is 29.0 Å². The van der Waals surface area contributed by atoms with Crippen molar-refractivity contribution in [1.82, 2.24) is 15.2 Å². The van der Waals surface area contributed by atoms with Gasteiger partial charge in [-0.3, -0.25) is 9.89 Å². The van der Waals surface area contributed by atoms with Crippen LogP contribution in [-0.4, -0.2) is 40.5 Å². The molecular formula is C20H18ClF4N5O3. The monoisotopic (exact) mass is 487 g/mol. The van der Waals surface area contributed by atoms with Crippen molar-refractivity contribution in [3.05, 3.63) is 46.5 Å². The molecule has 8 nitrogen and oxygen atoms in total. The van der Waals surface area contributed by atoms with Gasteiger partial charge in [0, 0.05) is 5.56 Å². The second-order valence-corrected chi connectivity index (χ2v) is 7.24. The number of alkyl halides is 3. The zero-order valence-corrected chi connectivity index (χ0v) is 18.2. The van der Waals surface area contributed by atoms with Crippen molar-refractivity contribution in [3.8, 4) is 22.8 Å². The molecule has 176 valence electrons. The van der Waals surface area contributed by atoms with Crippen LogP contribution in [0, 0.1) is 12.7 Å². The number of nitrogens with zero attached hydrogens (tertiary/aromatic N) is 2. The van der Waals surface area contributed by atoms with Crippen LogP contribution in [0.25, 0.3) is 11.3 Å². The molecule has 4 N–H and O–H groups in total. The number of H-pyrrole nitrogens is 1. The van der Waals surface area contributed by atoms with Gasteiger partial charge in [-0.15, -0.1) is 0 Å². The fraction of sp³-hybridized carbons (Fsp3) is 0.250. The Morgan fingerprint density at radius 1 is 1.27 bits per heavy atom. The lowest BCUT2D eigenvalue weighted by atomic mass is 10.0. The molecule has 0 aliphatic heterocycles. The lowest BCUT2D eigenvalue weighted by Gasteiger charge is -2.20. The van der Waals surface area contributed by atoms with Crippen LogP contribution < -0.4 is 20.5 Å². The molecule has 0 spiro atoms. The Morgan fingerprint density at radius 2 is 1.97 bits per heavy atom. The van der Waals surface area contributed by atoms with Gasteiger partial charge in [-0.25, -0.2) is 9.37 Å². The van der Waals surface area contributed by atoms with E-state index in [1.807, 2.05) is 0 Å². The molecule has 13 heteroatoms. The molecule has 33 heavy (non-hydrogen) atoms. The first-order valence-corrected chi connectivity index (χ1v) is 9.69. The molecule has 1 amide bonds. The van der Waals surface area contributed by atoms with Gasteiger partial charge in [0.1, 0.15) is 22.4 Å². The van der Waals surface area contributed by atoms with Crippen LogP contribution in [-0.2, 0) is 0 Å². The van der Waals surface area contributed by atoms with Gasteiger partial charge in [0.05, 0.1) is 24.1 Å². The van der Waals surface area contributed by atoms with Crippen molar-refractivity contribution in [2.75, 3.05) is 18.2 Å². The number of hydrogen-bond donors (Lipinski definition) is 3. The second-order valence-electron chi connectivity index (χ2n) is 6.87. The first-order chi connectivity index (χ1) is 15.4. The topological polar surface area (TPSA) is 115 Å². The van der Waals surface area contributed by atoms with Crippen LogP contribution in [0.4, 0.5) is 29.1 Å². The summed E-state index contributed by atoms with van der Waals surface area (Å²) in [5.41, 5.74) is 5.42. The number of amides is 1. The number of carbonyl (C=O) groups excluding carboxylic acids is 1. The van der Waals surface area contributed by atoms with Gasteiger partial charge in [0.25, 0.3) is 5.91 Å². The number of carbonyl (C=O) groups is 1. The van der Waals surface area contributed by atoms with Gasteiger partial charge >= 0.3 is 6.18 Å². The van der Waals surface area contributed by atoms with E-state index >= 15 is 0 Å². The van der Waals surface area contributed by atoms with Gasteiger partial charge in [-0.05, 0) is 38.1 Å². The third kappa shape index (κ3) is 5.11. The number of benzene rings is 1. The first kappa shape index (κ1) is 24.1. The largest absolute Gasteiger partial charge is 0.493 e. The van der Waals surface area contributed by atoms with E-state index in [0.29, 0.717) is 5.69 Å². The molecule has 0 aliphatic rings. The number of aromatic nitrogens is 3. The molecule has 3 rings (SSSR count). The number of nitrogen functional groups attached to an aromatic ring is 1. The van der Waals surface area contributed by atoms with Gasteiger partial charge in [0.2, 0.25) is 0 Å². The van der Waals surface area contributed by atoms with E-state index in [-0.39, 0.29) is 33.7 Å². The number of aromatic amines is 1.